The first-order chi connectivity index (χ1) is 19.8. The Hall–Kier alpha value is -2.95. The fourth-order valence-electron chi connectivity index (χ4n) is 7.20. The van der Waals surface area contributed by atoms with Gasteiger partial charge in [0.2, 0.25) is 5.95 Å². The molecule has 3 fully saturated rings. The van der Waals surface area contributed by atoms with Gasteiger partial charge in [0.1, 0.15) is 11.9 Å². The van der Waals surface area contributed by atoms with Gasteiger partial charge in [-0.25, -0.2) is 14.6 Å². The van der Waals surface area contributed by atoms with Crippen LogP contribution in [0.4, 0.5) is 5.95 Å². The molecule has 0 saturated carbocycles. The number of thiazole rings is 1. The Bertz CT molecular complexity index is 1520. The van der Waals surface area contributed by atoms with Crippen LogP contribution in [0.1, 0.15) is 78.4 Å². The van der Waals surface area contributed by atoms with E-state index in [9.17, 15) is 0 Å². The zero-order valence-electron chi connectivity index (χ0n) is 24.5. The Labute approximate surface area is 245 Å². The number of anilines is 1. The van der Waals surface area contributed by atoms with Gasteiger partial charge in [0.05, 0.1) is 28.1 Å². The second-order valence-corrected chi connectivity index (χ2v) is 14.0. The zero-order chi connectivity index (χ0) is 28.2. The highest BCUT2D eigenvalue weighted by Gasteiger charge is 2.50. The van der Waals surface area contributed by atoms with Crippen molar-refractivity contribution in [3.63, 3.8) is 0 Å². The predicted octanol–water partition coefficient (Wildman–Crippen LogP) is 6.24. The summed E-state index contributed by atoms with van der Waals surface area (Å²) in [6.07, 6.45) is 15.2. The molecule has 1 aromatic carbocycles. The Morgan fingerprint density at radius 3 is 2.73 bits per heavy atom. The van der Waals surface area contributed by atoms with E-state index in [1.54, 1.807) is 11.3 Å². The molecule has 4 aromatic rings. The van der Waals surface area contributed by atoms with Gasteiger partial charge in [-0.05, 0) is 50.4 Å². The molecule has 3 aliphatic heterocycles. The van der Waals surface area contributed by atoms with Crippen LogP contribution in [-0.4, -0.2) is 61.2 Å². The van der Waals surface area contributed by atoms with Gasteiger partial charge >= 0.3 is 0 Å². The third-order valence-electron chi connectivity index (χ3n) is 9.75. The quantitative estimate of drug-likeness (QED) is 0.301. The number of hydrogen-bond acceptors (Lipinski definition) is 9. The lowest BCUT2D eigenvalue weighted by molar-refractivity contribution is -0.0394. The maximum absolute atomic E-state index is 5.92. The van der Waals surface area contributed by atoms with Gasteiger partial charge in [-0.2, -0.15) is 5.10 Å². The molecule has 216 valence electrons. The van der Waals surface area contributed by atoms with Crippen LogP contribution in [0, 0.1) is 5.41 Å². The zero-order valence-corrected chi connectivity index (χ0v) is 25.3. The van der Waals surface area contributed by atoms with E-state index in [2.05, 4.69) is 71.7 Å². The number of fused-ring (bicyclic) bond motifs is 3. The molecule has 3 aliphatic rings. The summed E-state index contributed by atoms with van der Waals surface area (Å²) in [5, 5.41) is 18.0. The lowest BCUT2D eigenvalue weighted by Gasteiger charge is -2.57. The minimum absolute atomic E-state index is 0.0177. The van der Waals surface area contributed by atoms with Crippen molar-refractivity contribution in [2.45, 2.75) is 96.0 Å². The van der Waals surface area contributed by atoms with Crippen LogP contribution in [0.3, 0.4) is 0 Å². The SMILES string of the molecule is CN(c1ncc(-c2ccc(-c3cnn(C4CCCCO4)c3)c3ncsc23)nn1)C1C[C@H]2CCC[C@@](C(C)(C)C)(C1)N2. The minimum atomic E-state index is 0.0177. The Balaban J connectivity index is 1.13. The molecule has 0 spiro atoms. The summed E-state index contributed by atoms with van der Waals surface area (Å²) in [7, 11) is 2.13. The highest BCUT2D eigenvalue weighted by molar-refractivity contribution is 7.17. The maximum atomic E-state index is 5.92. The van der Waals surface area contributed by atoms with Crippen LogP contribution in [0.15, 0.2) is 36.2 Å². The van der Waals surface area contributed by atoms with Crippen molar-refractivity contribution < 1.29 is 4.74 Å². The largest absolute Gasteiger partial charge is 0.357 e. The minimum Gasteiger partial charge on any atom is -0.357 e. The van der Waals surface area contributed by atoms with Crippen LogP contribution in [0.5, 0.6) is 0 Å². The summed E-state index contributed by atoms with van der Waals surface area (Å²) in [5.41, 5.74) is 7.08. The van der Waals surface area contributed by atoms with Crippen molar-refractivity contribution in [1.82, 2.24) is 35.3 Å². The van der Waals surface area contributed by atoms with E-state index >= 15 is 0 Å². The lowest BCUT2D eigenvalue weighted by Crippen LogP contribution is -2.67. The molecule has 6 heterocycles. The Kier molecular flexibility index (Phi) is 6.83. The number of benzene rings is 1. The lowest BCUT2D eigenvalue weighted by atomic mass is 9.62. The first kappa shape index (κ1) is 26.9. The number of piperidine rings is 2. The van der Waals surface area contributed by atoms with Gasteiger partial charge in [-0.3, -0.25) is 0 Å². The fourth-order valence-corrected chi connectivity index (χ4v) is 8.04. The Morgan fingerprint density at radius 1 is 1.07 bits per heavy atom. The standard InChI is InChI=1S/C31H40N8OS/c1-30(2,3)31-12-7-8-21(35-31)14-22(15-31)38(4)29-32-17-25(36-37-29)24-11-10-23(27-28(24)41-19-33-27)20-16-34-39(18-20)26-9-5-6-13-40-26/h10-11,16-19,21-22,26,35H,5-9,12-15H2,1-4H3/t21-,22?,26?,31+/m1/s1. The van der Waals surface area contributed by atoms with Crippen molar-refractivity contribution in [3.05, 3.63) is 36.2 Å². The number of hydrogen-bond donors (Lipinski definition) is 1. The van der Waals surface area contributed by atoms with Gasteiger partial charge in [0.15, 0.2) is 0 Å². The summed E-state index contributed by atoms with van der Waals surface area (Å²) >= 11 is 1.62. The molecule has 2 unspecified atom stereocenters. The molecule has 0 aliphatic carbocycles. The summed E-state index contributed by atoms with van der Waals surface area (Å²) in [5.74, 6) is 0.692. The van der Waals surface area contributed by atoms with E-state index in [4.69, 9.17) is 14.7 Å². The second-order valence-electron chi connectivity index (χ2n) is 13.1. The van der Waals surface area contributed by atoms with E-state index in [0.717, 1.165) is 64.9 Å². The summed E-state index contributed by atoms with van der Waals surface area (Å²) in [6, 6.07) is 5.17. The molecule has 10 heteroatoms. The fraction of sp³-hybridized carbons (Fsp3) is 0.581. The predicted molar refractivity (Wildman–Crippen MR) is 163 cm³/mol. The maximum Gasteiger partial charge on any atom is 0.245 e. The summed E-state index contributed by atoms with van der Waals surface area (Å²) in [4.78, 5) is 11.8. The number of ether oxygens (including phenoxy) is 1. The summed E-state index contributed by atoms with van der Waals surface area (Å²) < 4.78 is 8.96. The third kappa shape index (κ3) is 4.83. The first-order valence-corrected chi connectivity index (χ1v) is 15.9. The van der Waals surface area contributed by atoms with Gasteiger partial charge < -0.3 is 15.0 Å². The molecule has 0 radical (unpaired) electrons. The first-order valence-electron chi connectivity index (χ1n) is 15.0. The van der Waals surface area contributed by atoms with Crippen molar-refractivity contribution in [1.29, 1.82) is 0 Å². The van der Waals surface area contributed by atoms with E-state index in [0.29, 0.717) is 18.0 Å². The van der Waals surface area contributed by atoms with Crippen LogP contribution in [0.25, 0.3) is 32.6 Å². The molecule has 0 amide bonds. The molecule has 1 N–H and O–H groups in total. The normalized spacial score (nSPS) is 26.8. The molecule has 7 rings (SSSR count). The van der Waals surface area contributed by atoms with Crippen molar-refractivity contribution in [2.24, 2.45) is 5.41 Å². The molecular weight excluding hydrogens is 532 g/mol. The van der Waals surface area contributed by atoms with Crippen LogP contribution < -0.4 is 10.2 Å². The van der Waals surface area contributed by atoms with E-state index < -0.39 is 0 Å². The van der Waals surface area contributed by atoms with Crippen LogP contribution in [0.2, 0.25) is 0 Å². The molecule has 3 saturated heterocycles. The van der Waals surface area contributed by atoms with Gasteiger partial charge in [0.25, 0.3) is 0 Å². The van der Waals surface area contributed by atoms with E-state index in [-0.39, 0.29) is 17.2 Å². The van der Waals surface area contributed by atoms with Crippen LogP contribution >= 0.6 is 11.3 Å². The molecular formula is C31H40N8OS. The number of aromatic nitrogens is 6. The number of nitrogens with zero attached hydrogens (tertiary/aromatic N) is 7. The highest BCUT2D eigenvalue weighted by Crippen LogP contribution is 2.46. The molecule has 3 aromatic heterocycles. The number of rotatable bonds is 5. The average molecular weight is 573 g/mol. The average Bonchev–Trinajstić information content (AvgIpc) is 3.67. The Morgan fingerprint density at radius 2 is 1.95 bits per heavy atom. The highest BCUT2D eigenvalue weighted by atomic mass is 32.1. The van der Waals surface area contributed by atoms with E-state index in [1.165, 1.54) is 25.7 Å². The summed E-state index contributed by atoms with van der Waals surface area (Å²) in [6.45, 7) is 7.92. The van der Waals surface area contributed by atoms with Crippen molar-refractivity contribution >= 4 is 27.5 Å². The smallest absolute Gasteiger partial charge is 0.245 e. The van der Waals surface area contributed by atoms with Crippen LogP contribution in [-0.2, 0) is 4.74 Å². The van der Waals surface area contributed by atoms with E-state index in [1.807, 2.05) is 22.6 Å². The van der Waals surface area contributed by atoms with Crippen molar-refractivity contribution in [3.8, 4) is 22.4 Å². The molecule has 2 bridgehead atoms. The topological polar surface area (TPSA) is 93.9 Å². The number of nitrogens with one attached hydrogen (secondary N) is 1. The van der Waals surface area contributed by atoms with Gasteiger partial charge in [-0.1, -0.05) is 39.3 Å². The molecule has 41 heavy (non-hydrogen) atoms. The van der Waals surface area contributed by atoms with Crippen molar-refractivity contribution in [2.75, 3.05) is 18.6 Å². The van der Waals surface area contributed by atoms with Gasteiger partial charge in [0, 0.05) is 54.2 Å². The molecule has 4 atom stereocenters. The van der Waals surface area contributed by atoms with Gasteiger partial charge in [-0.15, -0.1) is 21.5 Å². The monoisotopic (exact) mass is 572 g/mol. The molecule has 9 nitrogen and oxygen atoms in total. The second kappa shape index (κ2) is 10.4. The third-order valence-corrected chi connectivity index (χ3v) is 10.6.